The molecule has 1 aliphatic heterocycles. The van der Waals surface area contributed by atoms with Crippen molar-refractivity contribution < 1.29 is 35.2 Å². The van der Waals surface area contributed by atoms with Gasteiger partial charge in [-0.15, -0.1) is 0 Å². The van der Waals surface area contributed by atoms with Crippen LogP contribution in [0.1, 0.15) is 31.2 Å². The minimum atomic E-state index is -4.10. The highest BCUT2D eigenvalue weighted by atomic mass is 32.2. The van der Waals surface area contributed by atoms with Gasteiger partial charge in [0.05, 0.1) is 35.4 Å². The molecule has 0 amide bonds. The van der Waals surface area contributed by atoms with Gasteiger partial charge in [0, 0.05) is 23.9 Å². The molecule has 0 saturated carbocycles. The number of nitrogens with zero attached hydrogens (tertiary/aromatic N) is 2. The van der Waals surface area contributed by atoms with Gasteiger partial charge in [-0.1, -0.05) is 66.4 Å². The van der Waals surface area contributed by atoms with Crippen molar-refractivity contribution in [1.82, 2.24) is 0 Å². The molecule has 1 aliphatic rings. The van der Waals surface area contributed by atoms with E-state index in [0.717, 1.165) is 47.5 Å². The van der Waals surface area contributed by atoms with E-state index >= 15 is 0 Å². The van der Waals surface area contributed by atoms with E-state index in [9.17, 15) is 25.9 Å². The van der Waals surface area contributed by atoms with Crippen molar-refractivity contribution in [3.8, 4) is 16.9 Å². The smallest absolute Gasteiger partial charge is 0.265 e. The first kappa shape index (κ1) is 33.2. The zero-order chi connectivity index (χ0) is 32.2. The van der Waals surface area contributed by atoms with Crippen LogP contribution in [0.4, 0.5) is 5.69 Å². The number of fused-ring (bicyclic) bond motifs is 2. The van der Waals surface area contributed by atoms with Crippen LogP contribution in [0.2, 0.25) is 0 Å². The Morgan fingerprint density at radius 1 is 0.933 bits per heavy atom. The fourth-order valence-corrected chi connectivity index (χ4v) is 8.45. The molecule has 0 saturated heterocycles. The minimum Gasteiger partial charge on any atom is -0.497 e. The van der Waals surface area contributed by atoms with Crippen LogP contribution in [0.25, 0.3) is 27.4 Å². The van der Waals surface area contributed by atoms with Gasteiger partial charge in [0.1, 0.15) is 10.4 Å². The summed E-state index contributed by atoms with van der Waals surface area (Å²) in [6.45, 7) is 2.85. The third-order valence-corrected chi connectivity index (χ3v) is 11.2. The molecular formula is C32H35N2O7S4+. The second-order valence-electron chi connectivity index (χ2n) is 10.6. The number of anilines is 1. The van der Waals surface area contributed by atoms with E-state index < -0.39 is 20.2 Å². The molecule has 9 nitrogen and oxygen atoms in total. The summed E-state index contributed by atoms with van der Waals surface area (Å²) in [7, 11) is -6.59. The van der Waals surface area contributed by atoms with Crippen molar-refractivity contribution in [2.75, 3.05) is 30.1 Å². The SMILES string of the molecule is CCC(/C=C1\Sc2ccc(-c3ccccc3)cc2N1CCCS(=O)(=O)O)=C\c1sc2ccc(OC)cc2[n+]1CCCS(=O)(=O)O. The van der Waals surface area contributed by atoms with Gasteiger partial charge in [-0.05, 0) is 59.9 Å². The first-order valence-electron chi connectivity index (χ1n) is 14.4. The quantitative estimate of drug-likeness (QED) is 0.117. The van der Waals surface area contributed by atoms with E-state index in [2.05, 4.69) is 46.7 Å². The summed E-state index contributed by atoms with van der Waals surface area (Å²) >= 11 is 3.19. The number of aromatic nitrogens is 1. The number of hydrogen-bond donors (Lipinski definition) is 2. The molecule has 45 heavy (non-hydrogen) atoms. The number of rotatable bonds is 13. The number of methoxy groups -OCH3 is 1. The van der Waals surface area contributed by atoms with Gasteiger partial charge < -0.3 is 9.64 Å². The maximum atomic E-state index is 11.5. The zero-order valence-electron chi connectivity index (χ0n) is 24.9. The van der Waals surface area contributed by atoms with Crippen molar-refractivity contribution >= 4 is 65.3 Å². The highest BCUT2D eigenvalue weighted by Gasteiger charge is 2.27. The van der Waals surface area contributed by atoms with Gasteiger partial charge in [-0.25, -0.2) is 0 Å². The van der Waals surface area contributed by atoms with Crippen LogP contribution >= 0.6 is 23.1 Å². The molecule has 2 N–H and O–H groups in total. The molecule has 0 spiro atoms. The summed E-state index contributed by atoms with van der Waals surface area (Å²) in [5, 5.41) is 1.87. The third-order valence-electron chi connectivity index (χ3n) is 7.37. The number of aryl methyl sites for hydroxylation is 1. The molecular weight excluding hydrogens is 653 g/mol. The van der Waals surface area contributed by atoms with Gasteiger partial charge in [-0.3, -0.25) is 9.11 Å². The molecule has 5 rings (SSSR count). The largest absolute Gasteiger partial charge is 0.497 e. The molecule has 0 bridgehead atoms. The van der Waals surface area contributed by atoms with Crippen molar-refractivity contribution in [2.45, 2.75) is 37.6 Å². The Balaban J connectivity index is 1.53. The Morgan fingerprint density at radius 3 is 2.36 bits per heavy atom. The molecule has 1 aromatic heterocycles. The van der Waals surface area contributed by atoms with E-state index in [4.69, 9.17) is 4.74 Å². The zero-order valence-corrected chi connectivity index (χ0v) is 28.2. The van der Waals surface area contributed by atoms with Crippen LogP contribution in [-0.4, -0.2) is 51.1 Å². The Labute approximate surface area is 272 Å². The summed E-state index contributed by atoms with van der Waals surface area (Å²) in [6.07, 6.45) is 5.40. The third kappa shape index (κ3) is 8.54. The molecule has 4 aromatic rings. The molecule has 0 fully saturated rings. The van der Waals surface area contributed by atoms with E-state index in [1.165, 1.54) is 0 Å². The predicted molar refractivity (Wildman–Crippen MR) is 182 cm³/mol. The fraction of sp³-hybridized carbons (Fsp3) is 0.281. The fourth-order valence-electron chi connectivity index (χ4n) is 5.17. The van der Waals surface area contributed by atoms with Gasteiger partial charge in [0.15, 0.2) is 6.54 Å². The lowest BCUT2D eigenvalue weighted by atomic mass is 10.0. The Kier molecular flexibility index (Phi) is 10.4. The van der Waals surface area contributed by atoms with E-state index in [0.29, 0.717) is 25.3 Å². The topological polar surface area (TPSA) is 125 Å². The summed E-state index contributed by atoms with van der Waals surface area (Å²) in [4.78, 5) is 3.16. The normalized spacial score (nSPS) is 14.8. The number of hydrogen-bond acceptors (Lipinski definition) is 8. The lowest BCUT2D eigenvalue weighted by Gasteiger charge is -2.21. The lowest BCUT2D eigenvalue weighted by molar-refractivity contribution is -0.668. The van der Waals surface area contributed by atoms with Gasteiger partial charge >= 0.3 is 0 Å². The molecule has 13 heteroatoms. The second kappa shape index (κ2) is 14.1. The summed E-state index contributed by atoms with van der Waals surface area (Å²) in [6, 6.07) is 22.1. The second-order valence-corrected chi connectivity index (χ2v) is 15.8. The van der Waals surface area contributed by atoms with Gasteiger partial charge in [0.2, 0.25) is 5.52 Å². The van der Waals surface area contributed by atoms with Crippen LogP contribution in [0.3, 0.4) is 0 Å². The highest BCUT2D eigenvalue weighted by molar-refractivity contribution is 8.03. The monoisotopic (exact) mass is 687 g/mol. The van der Waals surface area contributed by atoms with Crippen LogP contribution in [0.5, 0.6) is 5.75 Å². The number of allylic oxidation sites excluding steroid dienone is 2. The van der Waals surface area contributed by atoms with E-state index in [1.54, 1.807) is 30.2 Å². The maximum Gasteiger partial charge on any atom is 0.265 e. The van der Waals surface area contributed by atoms with Crippen molar-refractivity contribution in [3.05, 3.63) is 88.4 Å². The molecule has 0 aliphatic carbocycles. The Hall–Kier alpha value is -3.20. The van der Waals surface area contributed by atoms with Gasteiger partial charge in [-0.2, -0.15) is 21.4 Å². The van der Waals surface area contributed by atoms with Crippen molar-refractivity contribution in [1.29, 1.82) is 0 Å². The Morgan fingerprint density at radius 2 is 1.67 bits per heavy atom. The summed E-state index contributed by atoms with van der Waals surface area (Å²) < 4.78 is 73.1. The number of benzene rings is 3. The first-order chi connectivity index (χ1) is 21.4. The molecule has 0 unspecified atom stereocenters. The van der Waals surface area contributed by atoms with Crippen LogP contribution in [-0.2, 0) is 26.8 Å². The van der Waals surface area contributed by atoms with Crippen LogP contribution in [0, 0.1) is 0 Å². The predicted octanol–water partition coefficient (Wildman–Crippen LogP) is 6.67. The average Bonchev–Trinajstić information content (AvgIpc) is 3.52. The highest BCUT2D eigenvalue weighted by Crippen LogP contribution is 2.48. The van der Waals surface area contributed by atoms with Crippen molar-refractivity contribution in [2.24, 2.45) is 0 Å². The van der Waals surface area contributed by atoms with Crippen molar-refractivity contribution in [3.63, 3.8) is 0 Å². The summed E-state index contributed by atoms with van der Waals surface area (Å²) in [5.74, 6) is 0.0151. The molecule has 0 atom stereocenters. The molecule has 238 valence electrons. The number of thiazole rings is 1. The van der Waals surface area contributed by atoms with E-state index in [1.807, 2.05) is 48.5 Å². The molecule has 0 radical (unpaired) electrons. The Bertz CT molecular complexity index is 1970. The maximum absolute atomic E-state index is 11.5. The van der Waals surface area contributed by atoms with Crippen LogP contribution in [0.15, 0.2) is 88.3 Å². The standard InChI is InChI=1S/C32H34N2O7S4/c1-3-23(20-32-34(16-8-18-45(38,39)40)28-22-26(41-2)12-14-30(28)43-32)19-31-33(15-7-17-44(35,36)37)27-21-25(11-13-29(27)42-31)24-9-5-4-6-10-24/h4-6,9-14,19-22H,3,7-8,15-18H2,1-2H3,(H-,35,36,37,38,39,40)/p+1. The summed E-state index contributed by atoms with van der Waals surface area (Å²) in [5.41, 5.74) is 5.04. The van der Waals surface area contributed by atoms with Gasteiger partial charge in [0.25, 0.3) is 25.2 Å². The number of ether oxygens (including phenoxy) is 1. The lowest BCUT2D eigenvalue weighted by Crippen LogP contribution is -2.36. The first-order valence-corrected chi connectivity index (χ1v) is 19.3. The minimum absolute atomic E-state index is 0.242. The van der Waals surface area contributed by atoms with E-state index in [-0.39, 0.29) is 24.3 Å². The molecule has 3 aromatic carbocycles. The van der Waals surface area contributed by atoms with Crippen LogP contribution < -0.4 is 14.2 Å². The average molecular weight is 688 g/mol. The number of thioether (sulfide) groups is 1. The molecule has 2 heterocycles.